The van der Waals surface area contributed by atoms with Gasteiger partial charge in [-0.2, -0.15) is 0 Å². The number of amides is 1. The van der Waals surface area contributed by atoms with Gasteiger partial charge in [0.15, 0.2) is 0 Å². The Morgan fingerprint density at radius 1 is 1.29 bits per heavy atom. The fourth-order valence-electron chi connectivity index (χ4n) is 1.18. The van der Waals surface area contributed by atoms with Crippen LogP contribution in [0.1, 0.15) is 19.8 Å². The number of nitrogens with one attached hydrogen (secondary N) is 1. The topological polar surface area (TPSA) is 55.4 Å². The van der Waals surface area contributed by atoms with Gasteiger partial charge >= 0.3 is 5.97 Å². The van der Waals surface area contributed by atoms with Crippen LogP contribution in [-0.4, -0.2) is 18.4 Å². The van der Waals surface area contributed by atoms with Crippen LogP contribution in [0, 0.1) is 0 Å². The molecule has 0 aliphatic rings. The number of halogens is 1. The van der Waals surface area contributed by atoms with Gasteiger partial charge in [0.2, 0.25) is 5.91 Å². The first-order chi connectivity index (χ1) is 8.08. The highest BCUT2D eigenvalue weighted by Gasteiger charge is 2.04. The molecule has 0 heterocycles. The number of hydrogen-bond acceptors (Lipinski definition) is 3. The fraction of sp³-hybridized carbons (Fsp3) is 0.333. The normalized spacial score (nSPS) is 9.76. The lowest BCUT2D eigenvalue weighted by Gasteiger charge is -2.04. The minimum Gasteiger partial charge on any atom is -0.427 e. The molecule has 1 aromatic rings. The molecule has 0 spiro atoms. The Morgan fingerprint density at radius 3 is 2.53 bits per heavy atom. The zero-order chi connectivity index (χ0) is 12.7. The van der Waals surface area contributed by atoms with Gasteiger partial charge in [-0.15, -0.1) is 0 Å². The lowest BCUT2D eigenvalue weighted by atomic mass is 10.3. The molecule has 1 amide bonds. The molecule has 0 radical (unpaired) electrons. The van der Waals surface area contributed by atoms with E-state index in [0.717, 1.165) is 4.47 Å². The summed E-state index contributed by atoms with van der Waals surface area (Å²) in [7, 11) is 0. The van der Waals surface area contributed by atoms with E-state index in [1.807, 2.05) is 0 Å². The van der Waals surface area contributed by atoms with E-state index in [4.69, 9.17) is 4.74 Å². The molecule has 5 heteroatoms. The summed E-state index contributed by atoms with van der Waals surface area (Å²) in [5, 5.41) is 2.62. The number of esters is 1. The van der Waals surface area contributed by atoms with Crippen LogP contribution in [0.3, 0.4) is 0 Å². The summed E-state index contributed by atoms with van der Waals surface area (Å²) < 4.78 is 6.04. The van der Waals surface area contributed by atoms with Gasteiger partial charge in [0.25, 0.3) is 0 Å². The number of ether oxygens (including phenoxy) is 1. The highest BCUT2D eigenvalue weighted by atomic mass is 79.9. The predicted octanol–water partition coefficient (Wildman–Crippen LogP) is 2.27. The van der Waals surface area contributed by atoms with E-state index in [0.29, 0.717) is 18.7 Å². The van der Waals surface area contributed by atoms with Gasteiger partial charge in [0.05, 0.1) is 0 Å². The Labute approximate surface area is 108 Å². The molecule has 0 aliphatic carbocycles. The van der Waals surface area contributed by atoms with E-state index < -0.39 is 0 Å². The molecule has 1 aromatic carbocycles. The van der Waals surface area contributed by atoms with Crippen molar-refractivity contribution in [3.63, 3.8) is 0 Å². The molecule has 0 aromatic heterocycles. The van der Waals surface area contributed by atoms with E-state index in [1.165, 1.54) is 6.92 Å². The van der Waals surface area contributed by atoms with E-state index in [2.05, 4.69) is 21.2 Å². The summed E-state index contributed by atoms with van der Waals surface area (Å²) in [4.78, 5) is 22.0. The summed E-state index contributed by atoms with van der Waals surface area (Å²) in [6.07, 6.45) is 0.866. The second-order valence-electron chi connectivity index (χ2n) is 3.51. The van der Waals surface area contributed by atoms with Gasteiger partial charge in [-0.05, 0) is 30.7 Å². The number of rotatable bonds is 5. The largest absolute Gasteiger partial charge is 0.427 e. The molecule has 0 unspecified atom stereocenters. The minimum atomic E-state index is -0.294. The minimum absolute atomic E-state index is 0.0914. The molecule has 1 rings (SSSR count). The maximum Gasteiger partial charge on any atom is 0.311 e. The second kappa shape index (κ2) is 7.06. The van der Waals surface area contributed by atoms with Crippen molar-refractivity contribution in [1.82, 2.24) is 5.32 Å². The SMILES string of the molecule is CC(=O)NCCCC(=O)Oc1ccc(Br)cc1. The van der Waals surface area contributed by atoms with Crippen LogP contribution in [0.5, 0.6) is 5.75 Å². The smallest absolute Gasteiger partial charge is 0.311 e. The van der Waals surface area contributed by atoms with Crippen LogP contribution in [-0.2, 0) is 9.59 Å². The zero-order valence-electron chi connectivity index (χ0n) is 9.53. The summed E-state index contributed by atoms with van der Waals surface area (Å²) >= 11 is 3.30. The Kier molecular flexibility index (Phi) is 5.69. The van der Waals surface area contributed by atoms with Gasteiger partial charge in [0, 0.05) is 24.4 Å². The highest BCUT2D eigenvalue weighted by Crippen LogP contribution is 2.16. The van der Waals surface area contributed by atoms with Crippen LogP contribution >= 0.6 is 15.9 Å². The number of benzene rings is 1. The zero-order valence-corrected chi connectivity index (χ0v) is 11.1. The van der Waals surface area contributed by atoms with Crippen LogP contribution < -0.4 is 10.1 Å². The molecular formula is C12H14BrNO3. The molecule has 0 aliphatic heterocycles. The summed E-state index contributed by atoms with van der Waals surface area (Å²) in [5.41, 5.74) is 0. The van der Waals surface area contributed by atoms with Gasteiger partial charge in [-0.3, -0.25) is 9.59 Å². The molecule has 17 heavy (non-hydrogen) atoms. The average molecular weight is 300 g/mol. The number of carbonyl (C=O) groups excluding carboxylic acids is 2. The molecule has 0 fully saturated rings. The number of hydrogen-bond donors (Lipinski definition) is 1. The van der Waals surface area contributed by atoms with Crippen LogP contribution in [0.15, 0.2) is 28.7 Å². The Hall–Kier alpha value is -1.36. The molecule has 0 bridgehead atoms. The third-order valence-electron chi connectivity index (χ3n) is 1.98. The monoisotopic (exact) mass is 299 g/mol. The van der Waals surface area contributed by atoms with Gasteiger partial charge in [0.1, 0.15) is 5.75 Å². The number of carbonyl (C=O) groups is 2. The maximum absolute atomic E-state index is 11.4. The molecule has 1 N–H and O–H groups in total. The van der Waals surface area contributed by atoms with Crippen LogP contribution in [0.2, 0.25) is 0 Å². The Morgan fingerprint density at radius 2 is 1.94 bits per heavy atom. The van der Waals surface area contributed by atoms with E-state index >= 15 is 0 Å². The van der Waals surface area contributed by atoms with Crippen molar-refractivity contribution in [2.24, 2.45) is 0 Å². The standard InChI is InChI=1S/C12H14BrNO3/c1-9(15)14-8-2-3-12(16)17-11-6-4-10(13)5-7-11/h4-7H,2-3,8H2,1H3,(H,14,15). The third kappa shape index (κ3) is 6.06. The molecule has 0 saturated carbocycles. The molecule has 92 valence electrons. The highest BCUT2D eigenvalue weighted by molar-refractivity contribution is 9.10. The first kappa shape index (κ1) is 13.7. The van der Waals surface area contributed by atoms with Crippen molar-refractivity contribution >= 4 is 27.8 Å². The lowest BCUT2D eigenvalue weighted by molar-refractivity contribution is -0.134. The van der Waals surface area contributed by atoms with Crippen molar-refractivity contribution in [2.45, 2.75) is 19.8 Å². The summed E-state index contributed by atoms with van der Waals surface area (Å²) in [5.74, 6) is 0.140. The van der Waals surface area contributed by atoms with E-state index in [9.17, 15) is 9.59 Å². The molecule has 0 saturated heterocycles. The summed E-state index contributed by atoms with van der Waals surface area (Å²) in [6, 6.07) is 7.05. The Balaban J connectivity index is 2.25. The first-order valence-corrected chi connectivity index (χ1v) is 6.08. The lowest BCUT2D eigenvalue weighted by Crippen LogP contribution is -2.22. The van der Waals surface area contributed by atoms with Crippen molar-refractivity contribution in [3.8, 4) is 5.75 Å². The maximum atomic E-state index is 11.4. The average Bonchev–Trinajstić information content (AvgIpc) is 2.27. The van der Waals surface area contributed by atoms with Crippen molar-refractivity contribution in [2.75, 3.05) is 6.54 Å². The van der Waals surface area contributed by atoms with Crippen LogP contribution in [0.4, 0.5) is 0 Å². The fourth-order valence-corrected chi connectivity index (χ4v) is 1.45. The third-order valence-corrected chi connectivity index (χ3v) is 2.51. The quantitative estimate of drug-likeness (QED) is 0.515. The Bertz CT molecular complexity index is 389. The molecule has 0 atom stereocenters. The van der Waals surface area contributed by atoms with E-state index in [1.54, 1.807) is 24.3 Å². The van der Waals surface area contributed by atoms with Crippen molar-refractivity contribution in [1.29, 1.82) is 0 Å². The van der Waals surface area contributed by atoms with Gasteiger partial charge in [-0.25, -0.2) is 0 Å². The molecule has 4 nitrogen and oxygen atoms in total. The van der Waals surface area contributed by atoms with E-state index in [-0.39, 0.29) is 18.3 Å². The predicted molar refractivity (Wildman–Crippen MR) is 67.7 cm³/mol. The second-order valence-corrected chi connectivity index (χ2v) is 4.43. The first-order valence-electron chi connectivity index (χ1n) is 5.28. The van der Waals surface area contributed by atoms with Gasteiger partial charge < -0.3 is 10.1 Å². The van der Waals surface area contributed by atoms with Crippen molar-refractivity contribution in [3.05, 3.63) is 28.7 Å². The molecular weight excluding hydrogens is 286 g/mol. The van der Waals surface area contributed by atoms with Crippen LogP contribution in [0.25, 0.3) is 0 Å². The van der Waals surface area contributed by atoms with Crippen molar-refractivity contribution < 1.29 is 14.3 Å². The summed E-state index contributed by atoms with van der Waals surface area (Å²) in [6.45, 7) is 1.94. The van der Waals surface area contributed by atoms with Gasteiger partial charge in [-0.1, -0.05) is 15.9 Å².